The van der Waals surface area contributed by atoms with Crippen LogP contribution in [0.4, 0.5) is 5.69 Å². The van der Waals surface area contributed by atoms with Gasteiger partial charge in [0.1, 0.15) is 6.54 Å². The molecule has 0 saturated heterocycles. The van der Waals surface area contributed by atoms with E-state index >= 15 is 0 Å². The third kappa shape index (κ3) is 7.55. The summed E-state index contributed by atoms with van der Waals surface area (Å²) in [7, 11) is -4.04. The van der Waals surface area contributed by atoms with Crippen molar-refractivity contribution in [3.63, 3.8) is 0 Å². The maximum atomic E-state index is 13.4. The fourth-order valence-corrected chi connectivity index (χ4v) is 6.04. The molecule has 0 radical (unpaired) electrons. The summed E-state index contributed by atoms with van der Waals surface area (Å²) < 4.78 is 27.8. The number of halogens is 3. The molecule has 3 rings (SSSR count). The van der Waals surface area contributed by atoms with Crippen molar-refractivity contribution in [1.82, 2.24) is 5.32 Å². The van der Waals surface area contributed by atoms with Crippen LogP contribution in [-0.4, -0.2) is 33.2 Å². The van der Waals surface area contributed by atoms with Crippen LogP contribution in [0, 0.1) is 6.92 Å². The molecular formula is C24H23Cl3N2O3S2. The Morgan fingerprint density at radius 1 is 0.941 bits per heavy atom. The number of hydrogen-bond donors (Lipinski definition) is 1. The van der Waals surface area contributed by atoms with E-state index in [1.807, 2.05) is 31.2 Å². The molecule has 0 atom stereocenters. The van der Waals surface area contributed by atoms with Crippen molar-refractivity contribution in [3.8, 4) is 0 Å². The topological polar surface area (TPSA) is 66.5 Å². The highest BCUT2D eigenvalue weighted by Crippen LogP contribution is 2.29. The molecule has 0 bridgehead atoms. The van der Waals surface area contributed by atoms with Gasteiger partial charge in [-0.1, -0.05) is 64.6 Å². The van der Waals surface area contributed by atoms with Gasteiger partial charge in [0.05, 0.1) is 10.6 Å². The summed E-state index contributed by atoms with van der Waals surface area (Å²) in [6.07, 6.45) is 0. The van der Waals surface area contributed by atoms with Crippen LogP contribution in [0.1, 0.15) is 11.1 Å². The largest absolute Gasteiger partial charge is 0.354 e. The van der Waals surface area contributed by atoms with Crippen LogP contribution in [0.25, 0.3) is 0 Å². The second kappa shape index (κ2) is 12.2. The second-order valence-electron chi connectivity index (χ2n) is 7.48. The highest BCUT2D eigenvalue weighted by molar-refractivity contribution is 7.98. The van der Waals surface area contributed by atoms with Gasteiger partial charge in [0.15, 0.2) is 0 Å². The van der Waals surface area contributed by atoms with E-state index in [0.717, 1.165) is 21.2 Å². The number of anilines is 1. The van der Waals surface area contributed by atoms with Crippen molar-refractivity contribution in [1.29, 1.82) is 0 Å². The monoisotopic (exact) mass is 556 g/mol. The number of carbonyl (C=O) groups is 1. The number of rotatable bonds is 10. The molecule has 3 aromatic carbocycles. The molecule has 0 unspecified atom stereocenters. The SMILES string of the molecule is Cc1ccc(S(=O)(=O)N(CC(=O)NCCSCc2cccc(Cl)c2)c2cc(Cl)cc(Cl)c2)cc1. The normalized spacial score (nSPS) is 11.3. The van der Waals surface area contributed by atoms with Gasteiger partial charge in [0.2, 0.25) is 5.91 Å². The van der Waals surface area contributed by atoms with Gasteiger partial charge >= 0.3 is 0 Å². The first kappa shape index (κ1) is 26.7. The van der Waals surface area contributed by atoms with Gasteiger partial charge < -0.3 is 5.32 Å². The summed E-state index contributed by atoms with van der Waals surface area (Å²) in [6, 6.07) is 18.5. The molecule has 0 aliphatic rings. The number of aryl methyl sites for hydroxylation is 1. The number of hydrogen-bond acceptors (Lipinski definition) is 4. The van der Waals surface area contributed by atoms with Gasteiger partial charge in [0, 0.05) is 33.1 Å². The lowest BCUT2D eigenvalue weighted by Gasteiger charge is -2.24. The van der Waals surface area contributed by atoms with Crippen LogP contribution in [-0.2, 0) is 20.6 Å². The van der Waals surface area contributed by atoms with Crippen molar-refractivity contribution < 1.29 is 13.2 Å². The Morgan fingerprint density at radius 3 is 2.26 bits per heavy atom. The summed E-state index contributed by atoms with van der Waals surface area (Å²) in [5, 5.41) is 4.00. The van der Waals surface area contributed by atoms with Gasteiger partial charge in [0.25, 0.3) is 10.0 Å². The minimum Gasteiger partial charge on any atom is -0.354 e. The lowest BCUT2D eigenvalue weighted by atomic mass is 10.2. The van der Waals surface area contributed by atoms with E-state index in [4.69, 9.17) is 34.8 Å². The lowest BCUT2D eigenvalue weighted by molar-refractivity contribution is -0.119. The number of benzene rings is 3. The molecular weight excluding hydrogens is 535 g/mol. The number of nitrogens with one attached hydrogen (secondary N) is 1. The fraction of sp³-hybridized carbons (Fsp3) is 0.208. The fourth-order valence-electron chi connectivity index (χ4n) is 3.10. The quantitative estimate of drug-likeness (QED) is 0.301. The standard InChI is InChI=1S/C24H23Cl3N2O3S2/c1-17-5-7-23(8-6-17)34(31,32)29(22-13-20(26)12-21(27)14-22)15-24(30)28-9-10-33-16-18-3-2-4-19(25)11-18/h2-8,11-14H,9-10,15-16H2,1H3,(H,28,30). The number of amides is 1. The summed E-state index contributed by atoms with van der Waals surface area (Å²) in [5.41, 5.74) is 2.23. The second-order valence-corrected chi connectivity index (χ2v) is 11.8. The zero-order valence-corrected chi connectivity index (χ0v) is 22.2. The summed E-state index contributed by atoms with van der Waals surface area (Å²) in [6.45, 7) is 1.84. The molecule has 0 aliphatic heterocycles. The average molecular weight is 558 g/mol. The van der Waals surface area contributed by atoms with E-state index in [0.29, 0.717) is 17.3 Å². The zero-order valence-electron chi connectivity index (χ0n) is 18.3. The van der Waals surface area contributed by atoms with Crippen LogP contribution in [0.5, 0.6) is 0 Å². The van der Waals surface area contributed by atoms with E-state index in [1.165, 1.54) is 30.3 Å². The number of sulfonamides is 1. The van der Waals surface area contributed by atoms with Crippen molar-refractivity contribution in [2.24, 2.45) is 0 Å². The first-order chi connectivity index (χ1) is 16.1. The third-order valence-corrected chi connectivity index (χ3v) is 8.25. The van der Waals surface area contributed by atoms with Crippen molar-refractivity contribution in [2.45, 2.75) is 17.6 Å². The maximum absolute atomic E-state index is 13.4. The molecule has 0 saturated carbocycles. The highest BCUT2D eigenvalue weighted by Gasteiger charge is 2.27. The Hall–Kier alpha value is -1.90. The Kier molecular flexibility index (Phi) is 9.56. The van der Waals surface area contributed by atoms with Crippen molar-refractivity contribution in [2.75, 3.05) is 23.1 Å². The minimum atomic E-state index is -4.04. The third-order valence-electron chi connectivity index (χ3n) is 4.76. The molecule has 0 aliphatic carbocycles. The van der Waals surface area contributed by atoms with Crippen LogP contribution in [0.2, 0.25) is 15.1 Å². The summed E-state index contributed by atoms with van der Waals surface area (Å²) in [5.74, 6) is 0.979. The van der Waals surface area contributed by atoms with E-state index in [-0.39, 0.29) is 20.6 Å². The highest BCUT2D eigenvalue weighted by atomic mass is 35.5. The van der Waals surface area contributed by atoms with E-state index in [1.54, 1.807) is 23.9 Å². The predicted octanol–water partition coefficient (Wildman–Crippen LogP) is 6.20. The van der Waals surface area contributed by atoms with Gasteiger partial charge in [-0.3, -0.25) is 9.10 Å². The van der Waals surface area contributed by atoms with Crippen LogP contribution in [0.15, 0.2) is 71.6 Å². The average Bonchev–Trinajstić information content (AvgIpc) is 2.77. The number of thioether (sulfide) groups is 1. The van der Waals surface area contributed by atoms with Crippen LogP contribution < -0.4 is 9.62 Å². The molecule has 0 fully saturated rings. The Labute approximate surface area is 219 Å². The molecule has 1 N–H and O–H groups in total. The molecule has 1 amide bonds. The molecule has 0 aromatic heterocycles. The minimum absolute atomic E-state index is 0.0686. The van der Waals surface area contributed by atoms with Crippen LogP contribution >= 0.6 is 46.6 Å². The lowest BCUT2D eigenvalue weighted by Crippen LogP contribution is -2.41. The maximum Gasteiger partial charge on any atom is 0.264 e. The molecule has 3 aromatic rings. The van der Waals surface area contributed by atoms with Crippen molar-refractivity contribution in [3.05, 3.63) is 92.9 Å². The summed E-state index contributed by atoms with van der Waals surface area (Å²) in [4.78, 5) is 12.8. The first-order valence-electron chi connectivity index (χ1n) is 10.3. The van der Waals surface area contributed by atoms with Gasteiger partial charge in [-0.05, 0) is 55.0 Å². The Balaban J connectivity index is 1.68. The number of carbonyl (C=O) groups excluding carboxylic acids is 1. The predicted molar refractivity (Wildman–Crippen MR) is 143 cm³/mol. The van der Waals surface area contributed by atoms with Gasteiger partial charge in [-0.15, -0.1) is 0 Å². The Morgan fingerprint density at radius 2 is 1.62 bits per heavy atom. The van der Waals surface area contributed by atoms with Crippen molar-refractivity contribution >= 4 is 68.2 Å². The Bertz CT molecular complexity index is 1230. The van der Waals surface area contributed by atoms with E-state index in [9.17, 15) is 13.2 Å². The zero-order chi connectivity index (χ0) is 24.7. The number of nitrogens with zero attached hydrogens (tertiary/aromatic N) is 1. The molecule has 5 nitrogen and oxygen atoms in total. The van der Waals surface area contributed by atoms with Gasteiger partial charge in [-0.25, -0.2) is 8.42 Å². The summed E-state index contributed by atoms with van der Waals surface area (Å²) >= 11 is 19.9. The smallest absolute Gasteiger partial charge is 0.264 e. The molecule has 0 heterocycles. The van der Waals surface area contributed by atoms with Crippen LogP contribution in [0.3, 0.4) is 0 Å². The molecule has 34 heavy (non-hydrogen) atoms. The van der Waals surface area contributed by atoms with E-state index < -0.39 is 22.5 Å². The van der Waals surface area contributed by atoms with Gasteiger partial charge in [-0.2, -0.15) is 11.8 Å². The first-order valence-corrected chi connectivity index (χ1v) is 14.0. The van der Waals surface area contributed by atoms with E-state index in [2.05, 4.69) is 5.32 Å². The molecule has 10 heteroatoms. The molecule has 180 valence electrons. The molecule has 0 spiro atoms.